The maximum Gasteiger partial charge on any atom is 0.269 e. The molecule has 0 saturated heterocycles. The summed E-state index contributed by atoms with van der Waals surface area (Å²) in [6.07, 6.45) is 0. The highest BCUT2D eigenvalue weighted by atomic mass is 16.6. The maximum absolute atomic E-state index is 10.1. The first-order valence-electron chi connectivity index (χ1n) is 3.00. The van der Waals surface area contributed by atoms with Crippen molar-refractivity contribution in [2.75, 3.05) is 0 Å². The van der Waals surface area contributed by atoms with Gasteiger partial charge in [-0.2, -0.15) is 0 Å². The molecule has 0 spiro atoms. The first kappa shape index (κ1) is 11.0. The van der Waals surface area contributed by atoms with Crippen molar-refractivity contribution in [1.29, 1.82) is 0 Å². The van der Waals surface area contributed by atoms with Crippen LogP contribution in [-0.2, 0) is 0 Å². The highest BCUT2D eigenvalue weighted by Crippen LogP contribution is 2.16. The molecule has 0 fully saturated rings. The molecule has 2 N–H and O–H groups in total. The third-order valence-electron chi connectivity index (χ3n) is 1.27. The largest absolute Gasteiger partial charge is 0.412 e. The van der Waals surface area contributed by atoms with Crippen molar-refractivity contribution in [3.8, 4) is 0 Å². The van der Waals surface area contributed by atoms with Crippen LogP contribution in [0.3, 0.4) is 0 Å². The van der Waals surface area contributed by atoms with E-state index in [0.717, 1.165) is 24.3 Å². The topological polar surface area (TPSA) is 118 Å². The Balaban J connectivity index is 0.00000144. The Morgan fingerprint density at radius 1 is 0.846 bits per heavy atom. The van der Waals surface area contributed by atoms with Gasteiger partial charge in [0.15, 0.2) is 0 Å². The summed E-state index contributed by atoms with van der Waals surface area (Å²) in [5.74, 6) is 0. The lowest BCUT2D eigenvalue weighted by Crippen LogP contribution is -1.90. The van der Waals surface area contributed by atoms with E-state index < -0.39 is 9.85 Å². The number of nitrogens with zero attached hydrogens (tertiary/aromatic N) is 2. The fourth-order valence-corrected chi connectivity index (χ4v) is 0.696. The van der Waals surface area contributed by atoms with E-state index in [2.05, 4.69) is 0 Å². The molecule has 0 unspecified atom stereocenters. The zero-order valence-corrected chi connectivity index (χ0v) is 6.34. The summed E-state index contributed by atoms with van der Waals surface area (Å²) in [6.45, 7) is 0. The summed E-state index contributed by atoms with van der Waals surface area (Å²) in [7, 11) is 0. The van der Waals surface area contributed by atoms with Crippen LogP contribution < -0.4 is 0 Å². The Hall–Kier alpha value is -2.02. The predicted molar refractivity (Wildman–Crippen MR) is 43.4 cm³/mol. The molecule has 0 aliphatic heterocycles. The molecule has 0 radical (unpaired) electrons. The van der Waals surface area contributed by atoms with Crippen LogP contribution in [0, 0.1) is 20.2 Å². The smallest absolute Gasteiger partial charge is 0.269 e. The SMILES string of the molecule is O.O=[N+]([O-])c1ccc([N+](=O)[O-])cc1. The van der Waals surface area contributed by atoms with Crippen molar-refractivity contribution in [1.82, 2.24) is 0 Å². The second-order valence-electron chi connectivity index (χ2n) is 2.03. The minimum atomic E-state index is -0.607. The van der Waals surface area contributed by atoms with Gasteiger partial charge in [0.1, 0.15) is 0 Å². The van der Waals surface area contributed by atoms with Crippen LogP contribution in [0.5, 0.6) is 0 Å². The quantitative estimate of drug-likeness (QED) is 0.498. The van der Waals surface area contributed by atoms with Crippen LogP contribution in [-0.4, -0.2) is 15.3 Å². The summed E-state index contributed by atoms with van der Waals surface area (Å²) in [5, 5.41) is 20.2. The van der Waals surface area contributed by atoms with Gasteiger partial charge >= 0.3 is 0 Å². The second-order valence-corrected chi connectivity index (χ2v) is 2.03. The van der Waals surface area contributed by atoms with Gasteiger partial charge in [-0.15, -0.1) is 0 Å². The third kappa shape index (κ3) is 2.49. The van der Waals surface area contributed by atoms with Crippen molar-refractivity contribution >= 4 is 11.4 Å². The van der Waals surface area contributed by atoms with E-state index in [-0.39, 0.29) is 16.9 Å². The third-order valence-corrected chi connectivity index (χ3v) is 1.27. The summed E-state index contributed by atoms with van der Waals surface area (Å²) < 4.78 is 0. The standard InChI is InChI=1S/C6H4N2O4.H2O/c9-7(10)5-1-2-6(4-3-5)8(11)12;/h1-4H;1H2. The van der Waals surface area contributed by atoms with Gasteiger partial charge in [0.25, 0.3) is 11.4 Å². The second kappa shape index (κ2) is 4.12. The number of hydrogen-bond acceptors (Lipinski definition) is 4. The van der Waals surface area contributed by atoms with Crippen molar-refractivity contribution in [3.05, 3.63) is 44.5 Å². The molecule has 0 aliphatic carbocycles. The van der Waals surface area contributed by atoms with E-state index in [1.807, 2.05) is 0 Å². The highest BCUT2D eigenvalue weighted by Gasteiger charge is 2.08. The molecule has 0 heterocycles. The molecule has 0 saturated carbocycles. The van der Waals surface area contributed by atoms with E-state index in [0.29, 0.717) is 0 Å². The van der Waals surface area contributed by atoms with E-state index >= 15 is 0 Å². The van der Waals surface area contributed by atoms with E-state index in [1.165, 1.54) is 0 Å². The fourth-order valence-electron chi connectivity index (χ4n) is 0.696. The van der Waals surface area contributed by atoms with Gasteiger partial charge in [-0.05, 0) is 0 Å². The lowest BCUT2D eigenvalue weighted by Gasteiger charge is -1.90. The van der Waals surface area contributed by atoms with Crippen molar-refractivity contribution in [2.45, 2.75) is 0 Å². The Morgan fingerprint density at radius 2 is 1.08 bits per heavy atom. The number of nitro benzene ring substituents is 2. The minimum absolute atomic E-state index is 0. The summed E-state index contributed by atoms with van der Waals surface area (Å²) in [5.41, 5.74) is -0.304. The fraction of sp³-hybridized carbons (Fsp3) is 0. The van der Waals surface area contributed by atoms with Crippen LogP contribution in [0.2, 0.25) is 0 Å². The molecular weight excluding hydrogens is 180 g/mol. The van der Waals surface area contributed by atoms with E-state index in [4.69, 9.17) is 0 Å². The summed E-state index contributed by atoms with van der Waals surface area (Å²) in [6, 6.07) is 4.38. The monoisotopic (exact) mass is 186 g/mol. The number of rotatable bonds is 2. The van der Waals surface area contributed by atoms with Crippen molar-refractivity contribution in [3.63, 3.8) is 0 Å². The molecule has 13 heavy (non-hydrogen) atoms. The van der Waals surface area contributed by atoms with E-state index in [1.54, 1.807) is 0 Å². The van der Waals surface area contributed by atoms with Gasteiger partial charge in [-0.3, -0.25) is 20.2 Å². The van der Waals surface area contributed by atoms with Gasteiger partial charge in [0, 0.05) is 24.3 Å². The number of nitro groups is 2. The lowest BCUT2D eigenvalue weighted by molar-refractivity contribution is -0.389. The average molecular weight is 186 g/mol. The van der Waals surface area contributed by atoms with Crippen LogP contribution in [0.1, 0.15) is 0 Å². The highest BCUT2D eigenvalue weighted by molar-refractivity contribution is 5.39. The minimum Gasteiger partial charge on any atom is -0.412 e. The Bertz CT molecular complexity index is 287. The normalized spacial score (nSPS) is 8.62. The summed E-state index contributed by atoms with van der Waals surface area (Å²) >= 11 is 0. The molecular formula is C6H6N2O5. The van der Waals surface area contributed by atoms with Crippen LogP contribution in [0.25, 0.3) is 0 Å². The lowest BCUT2D eigenvalue weighted by atomic mass is 10.3. The number of hydrogen-bond donors (Lipinski definition) is 0. The number of benzene rings is 1. The summed E-state index contributed by atoms with van der Waals surface area (Å²) in [4.78, 5) is 19.0. The first-order chi connectivity index (χ1) is 5.61. The van der Waals surface area contributed by atoms with Crippen molar-refractivity contribution < 1.29 is 15.3 Å². The zero-order valence-electron chi connectivity index (χ0n) is 6.34. The van der Waals surface area contributed by atoms with Crippen LogP contribution >= 0.6 is 0 Å². The first-order valence-corrected chi connectivity index (χ1v) is 3.00. The molecule has 1 rings (SSSR count). The maximum atomic E-state index is 10.1. The van der Waals surface area contributed by atoms with Crippen LogP contribution in [0.4, 0.5) is 11.4 Å². The van der Waals surface area contributed by atoms with Gasteiger partial charge in [0.2, 0.25) is 0 Å². The molecule has 1 aromatic carbocycles. The Kier molecular flexibility index (Phi) is 3.48. The van der Waals surface area contributed by atoms with Gasteiger partial charge in [-0.25, -0.2) is 0 Å². The molecule has 0 aliphatic rings. The molecule has 0 amide bonds. The Morgan fingerprint density at radius 3 is 1.23 bits per heavy atom. The molecule has 0 aromatic heterocycles. The molecule has 0 bridgehead atoms. The number of non-ortho nitro benzene ring substituents is 2. The van der Waals surface area contributed by atoms with Gasteiger partial charge in [-0.1, -0.05) is 0 Å². The van der Waals surface area contributed by atoms with E-state index in [9.17, 15) is 20.2 Å². The molecule has 1 aromatic rings. The average Bonchev–Trinajstić information content (AvgIpc) is 2.04. The van der Waals surface area contributed by atoms with Crippen LogP contribution in [0.15, 0.2) is 24.3 Å². The molecule has 0 atom stereocenters. The Labute approximate surface area is 72.2 Å². The molecule has 7 nitrogen and oxygen atoms in total. The predicted octanol–water partition coefficient (Wildman–Crippen LogP) is 0.678. The molecule has 70 valence electrons. The zero-order chi connectivity index (χ0) is 9.14. The van der Waals surface area contributed by atoms with Gasteiger partial charge in [0.05, 0.1) is 9.85 Å². The van der Waals surface area contributed by atoms with Gasteiger partial charge < -0.3 is 5.48 Å². The van der Waals surface area contributed by atoms with Crippen molar-refractivity contribution in [2.24, 2.45) is 0 Å². The molecule has 7 heteroatoms.